The monoisotopic (exact) mass is 315 g/mol. The Morgan fingerprint density at radius 2 is 1.65 bits per heavy atom. The van der Waals surface area contributed by atoms with E-state index in [1.54, 1.807) is 0 Å². The van der Waals surface area contributed by atoms with Gasteiger partial charge < -0.3 is 0 Å². The average molecular weight is 315 g/mol. The van der Waals surface area contributed by atoms with Crippen molar-refractivity contribution in [1.82, 2.24) is 4.31 Å². The van der Waals surface area contributed by atoms with Gasteiger partial charge in [0.05, 0.1) is 10.5 Å². The minimum absolute atomic E-state index is 0.0542. The van der Waals surface area contributed by atoms with Gasteiger partial charge in [0, 0.05) is 25.3 Å². The molecule has 2 atom stereocenters. The van der Waals surface area contributed by atoms with E-state index in [0.717, 1.165) is 11.8 Å². The summed E-state index contributed by atoms with van der Waals surface area (Å²) in [6, 6.07) is 9.59. The second-order valence-electron chi connectivity index (χ2n) is 5.60. The minimum atomic E-state index is -3.35. The third-order valence-electron chi connectivity index (χ3n) is 4.12. The lowest BCUT2D eigenvalue weighted by atomic mass is 10.1. The number of hydrogen-bond acceptors (Lipinski definition) is 4. The Bertz CT molecular complexity index is 706. The second-order valence-corrected chi connectivity index (χ2v) is 10.1. The molecule has 0 N–H and O–H groups in total. The Labute approximate surface area is 119 Å². The number of hydrogen-bond donors (Lipinski definition) is 0. The molecule has 110 valence electrons. The first-order valence-corrected chi connectivity index (χ1v) is 9.98. The average Bonchev–Trinajstić information content (AvgIpc) is 3.05. The van der Waals surface area contributed by atoms with Crippen molar-refractivity contribution < 1.29 is 16.8 Å². The summed E-state index contributed by atoms with van der Waals surface area (Å²) in [4.78, 5) is 0. The fourth-order valence-corrected chi connectivity index (χ4v) is 5.89. The summed E-state index contributed by atoms with van der Waals surface area (Å²) >= 11 is 0. The summed E-state index contributed by atoms with van der Waals surface area (Å²) in [5.41, 5.74) is 1.04. The zero-order chi connectivity index (χ0) is 14.5. The van der Waals surface area contributed by atoms with Gasteiger partial charge >= 0.3 is 0 Å². The third kappa shape index (κ3) is 2.38. The maximum atomic E-state index is 12.4. The second kappa shape index (κ2) is 4.54. The molecule has 3 rings (SSSR count). The van der Waals surface area contributed by atoms with Crippen molar-refractivity contribution in [3.63, 3.8) is 0 Å². The SMILES string of the molecule is CS(=O)(=O)C1CN(S(=O)(=O)[C@H]2C[C@@H]2c2ccccc2)C1. The molecular formula is C13H17NO4S2. The molecule has 0 radical (unpaired) electrons. The van der Waals surface area contributed by atoms with Gasteiger partial charge in [-0.1, -0.05) is 30.3 Å². The van der Waals surface area contributed by atoms with E-state index in [1.165, 1.54) is 4.31 Å². The molecule has 0 spiro atoms. The summed E-state index contributed by atoms with van der Waals surface area (Å²) in [7, 11) is -6.49. The predicted octanol–water partition coefficient (Wildman–Crippen LogP) is 0.601. The first kappa shape index (κ1) is 14.0. The molecule has 20 heavy (non-hydrogen) atoms. The van der Waals surface area contributed by atoms with Gasteiger partial charge in [-0.2, -0.15) is 4.31 Å². The van der Waals surface area contributed by atoms with E-state index in [0.29, 0.717) is 6.42 Å². The van der Waals surface area contributed by atoms with Crippen LogP contribution in [0.15, 0.2) is 30.3 Å². The molecule has 0 bridgehead atoms. The smallest absolute Gasteiger partial charge is 0.217 e. The van der Waals surface area contributed by atoms with Crippen molar-refractivity contribution in [2.75, 3.05) is 19.3 Å². The van der Waals surface area contributed by atoms with E-state index in [1.807, 2.05) is 30.3 Å². The normalized spacial score (nSPS) is 28.1. The first-order chi connectivity index (χ1) is 9.30. The number of benzene rings is 1. The van der Waals surface area contributed by atoms with Crippen molar-refractivity contribution in [2.24, 2.45) is 0 Å². The van der Waals surface area contributed by atoms with Crippen LogP contribution in [0.5, 0.6) is 0 Å². The fraction of sp³-hybridized carbons (Fsp3) is 0.538. The fourth-order valence-electron chi connectivity index (χ4n) is 2.62. The summed E-state index contributed by atoms with van der Waals surface area (Å²) in [6.07, 6.45) is 1.79. The summed E-state index contributed by atoms with van der Waals surface area (Å²) in [5.74, 6) is 0.0542. The third-order valence-corrected chi connectivity index (χ3v) is 7.94. The van der Waals surface area contributed by atoms with Crippen molar-refractivity contribution >= 4 is 19.9 Å². The molecule has 1 aliphatic heterocycles. The van der Waals surface area contributed by atoms with Crippen LogP contribution in [0.25, 0.3) is 0 Å². The van der Waals surface area contributed by atoms with Crippen molar-refractivity contribution in [1.29, 1.82) is 0 Å². The molecule has 1 heterocycles. The van der Waals surface area contributed by atoms with Gasteiger partial charge in [-0.25, -0.2) is 16.8 Å². The highest BCUT2D eigenvalue weighted by Gasteiger charge is 2.53. The maximum Gasteiger partial charge on any atom is 0.217 e. The van der Waals surface area contributed by atoms with E-state index in [2.05, 4.69) is 0 Å². The lowest BCUT2D eigenvalue weighted by Gasteiger charge is -2.36. The van der Waals surface area contributed by atoms with E-state index in [9.17, 15) is 16.8 Å². The van der Waals surface area contributed by atoms with Crippen LogP contribution in [0.1, 0.15) is 17.9 Å². The van der Waals surface area contributed by atoms with Gasteiger partial charge in [0.1, 0.15) is 0 Å². The molecule has 1 aromatic rings. The predicted molar refractivity (Wildman–Crippen MR) is 76.7 cm³/mol. The van der Waals surface area contributed by atoms with Crippen molar-refractivity contribution in [2.45, 2.75) is 22.8 Å². The number of sulfone groups is 1. The molecule has 1 saturated carbocycles. The van der Waals surface area contributed by atoms with Gasteiger partial charge in [0.25, 0.3) is 0 Å². The molecule has 0 aromatic heterocycles. The van der Waals surface area contributed by atoms with E-state index in [4.69, 9.17) is 0 Å². The van der Waals surface area contributed by atoms with Crippen LogP contribution >= 0.6 is 0 Å². The maximum absolute atomic E-state index is 12.4. The largest absolute Gasteiger partial charge is 0.229 e. The molecule has 0 unspecified atom stereocenters. The lowest BCUT2D eigenvalue weighted by Crippen LogP contribution is -2.57. The van der Waals surface area contributed by atoms with Crippen LogP contribution in [0.3, 0.4) is 0 Å². The van der Waals surface area contributed by atoms with Gasteiger partial charge in [-0.05, 0) is 12.0 Å². The minimum Gasteiger partial charge on any atom is -0.229 e. The highest BCUT2D eigenvalue weighted by atomic mass is 32.2. The van der Waals surface area contributed by atoms with Crippen LogP contribution < -0.4 is 0 Å². The van der Waals surface area contributed by atoms with Crippen molar-refractivity contribution in [3.8, 4) is 0 Å². The van der Waals surface area contributed by atoms with Crippen LogP contribution in [-0.2, 0) is 19.9 Å². The quantitative estimate of drug-likeness (QED) is 0.816. The number of rotatable bonds is 4. The summed E-state index contributed by atoms with van der Waals surface area (Å²) in [5, 5.41) is -0.920. The molecular weight excluding hydrogens is 298 g/mol. The van der Waals surface area contributed by atoms with Crippen LogP contribution in [-0.4, -0.2) is 51.0 Å². The topological polar surface area (TPSA) is 71.5 Å². The Kier molecular flexibility index (Phi) is 3.19. The Hall–Kier alpha value is -0.920. The number of sulfonamides is 1. The van der Waals surface area contributed by atoms with Crippen LogP contribution in [0, 0.1) is 0 Å². The Morgan fingerprint density at radius 3 is 2.20 bits per heavy atom. The summed E-state index contributed by atoms with van der Waals surface area (Å²) in [6.45, 7) is 0.221. The highest BCUT2D eigenvalue weighted by Crippen LogP contribution is 2.47. The first-order valence-electron chi connectivity index (χ1n) is 6.53. The van der Waals surface area contributed by atoms with E-state index in [-0.39, 0.29) is 24.3 Å². The van der Waals surface area contributed by atoms with Gasteiger partial charge in [-0.3, -0.25) is 0 Å². The van der Waals surface area contributed by atoms with E-state index < -0.39 is 25.1 Å². The molecule has 1 aromatic carbocycles. The van der Waals surface area contributed by atoms with Gasteiger partial charge in [0.2, 0.25) is 10.0 Å². The molecule has 7 heteroatoms. The standard InChI is InChI=1S/C13H17NO4S2/c1-19(15,16)11-8-14(9-11)20(17,18)13-7-12(13)10-5-3-2-4-6-10/h2-6,11-13H,7-9H2,1H3/t12-,13+/m1/s1. The molecule has 1 saturated heterocycles. The van der Waals surface area contributed by atoms with Crippen LogP contribution in [0.4, 0.5) is 0 Å². The van der Waals surface area contributed by atoms with E-state index >= 15 is 0 Å². The molecule has 2 fully saturated rings. The Balaban J connectivity index is 1.68. The Morgan fingerprint density at radius 1 is 1.05 bits per heavy atom. The van der Waals surface area contributed by atoms with Crippen molar-refractivity contribution in [3.05, 3.63) is 35.9 Å². The van der Waals surface area contributed by atoms with Gasteiger partial charge in [0.15, 0.2) is 9.84 Å². The lowest BCUT2D eigenvalue weighted by molar-refractivity contribution is 0.310. The molecule has 1 aliphatic carbocycles. The molecule has 5 nitrogen and oxygen atoms in total. The molecule has 0 amide bonds. The van der Waals surface area contributed by atoms with Gasteiger partial charge in [-0.15, -0.1) is 0 Å². The zero-order valence-corrected chi connectivity index (χ0v) is 12.8. The molecule has 2 aliphatic rings. The number of nitrogens with zero attached hydrogens (tertiary/aromatic N) is 1. The highest BCUT2D eigenvalue weighted by molar-refractivity contribution is 7.92. The van der Waals surface area contributed by atoms with Crippen LogP contribution in [0.2, 0.25) is 0 Å². The summed E-state index contributed by atoms with van der Waals surface area (Å²) < 4.78 is 48.7. The zero-order valence-electron chi connectivity index (χ0n) is 11.1.